The number of hydrogen-bond donors (Lipinski definition) is 0. The van der Waals surface area contributed by atoms with Gasteiger partial charge in [-0.05, 0) is 54.8 Å². The number of rotatable bonds is 8. The largest absolute Gasteiger partial charge is 0.312 e. The van der Waals surface area contributed by atoms with Gasteiger partial charge in [0.15, 0.2) is 5.82 Å². The average molecular weight is 588 g/mol. The van der Waals surface area contributed by atoms with Crippen LogP contribution in [-0.4, -0.2) is 56.2 Å². The fourth-order valence-corrected chi connectivity index (χ4v) is 6.33. The van der Waals surface area contributed by atoms with Gasteiger partial charge in [-0.1, -0.05) is 29.5 Å². The Labute approximate surface area is 240 Å². The quantitative estimate of drug-likeness (QED) is 0.253. The number of hydrogen-bond acceptors (Lipinski definition) is 8. The predicted octanol–water partition coefficient (Wildman–Crippen LogP) is 2.84. The van der Waals surface area contributed by atoms with Crippen LogP contribution >= 0.6 is 0 Å². The number of aromatic nitrogens is 6. The first kappa shape index (κ1) is 27.4. The molecule has 4 heterocycles. The third kappa shape index (κ3) is 5.18. The first-order valence-electron chi connectivity index (χ1n) is 13.2. The summed E-state index contributed by atoms with van der Waals surface area (Å²) in [6, 6.07) is 15.4. The van der Waals surface area contributed by atoms with Gasteiger partial charge >= 0.3 is 0 Å². The smallest absolute Gasteiger partial charge is 0.286 e. The van der Waals surface area contributed by atoms with Gasteiger partial charge in [0, 0.05) is 36.7 Å². The van der Waals surface area contributed by atoms with Crippen molar-refractivity contribution in [3.63, 3.8) is 0 Å². The zero-order valence-electron chi connectivity index (χ0n) is 22.9. The molecule has 0 atom stereocenters. The number of pyridine rings is 1. The Kier molecular flexibility index (Phi) is 6.89. The van der Waals surface area contributed by atoms with Crippen molar-refractivity contribution >= 4 is 32.5 Å². The van der Waals surface area contributed by atoms with Gasteiger partial charge in [-0.2, -0.15) is 0 Å². The number of amides is 1. The second-order valence-corrected chi connectivity index (χ2v) is 12.2. The Morgan fingerprint density at radius 1 is 1.02 bits per heavy atom. The molecule has 1 aliphatic heterocycles. The molecule has 6 rings (SSSR count). The molecule has 11 nitrogen and oxygen atoms in total. The van der Waals surface area contributed by atoms with Crippen LogP contribution in [0.4, 0.5) is 10.1 Å². The molecule has 0 unspecified atom stereocenters. The van der Waals surface area contributed by atoms with Crippen LogP contribution in [0.15, 0.2) is 70.7 Å². The lowest BCUT2D eigenvalue weighted by Crippen LogP contribution is -2.29. The number of sulfone groups is 1. The SMILES string of the molecule is Cc1cc(-c2cc(F)c(=O)n(Cc3ccc4nnn(C)c4c3)c2)nc(S(=O)(=O)CCCN2C(=O)Cc3ccccc32)n1. The summed E-state index contributed by atoms with van der Waals surface area (Å²) in [6.45, 7) is 1.93. The fourth-order valence-electron chi connectivity index (χ4n) is 5.12. The number of para-hydroxylation sites is 1. The average Bonchev–Trinajstić information content (AvgIpc) is 3.49. The molecule has 1 amide bonds. The van der Waals surface area contributed by atoms with Crippen LogP contribution < -0.4 is 10.5 Å². The lowest BCUT2D eigenvalue weighted by atomic mass is 10.1. The van der Waals surface area contributed by atoms with Gasteiger partial charge in [-0.25, -0.2) is 27.5 Å². The molecule has 5 aromatic rings. The first-order chi connectivity index (χ1) is 20.1. The maximum absolute atomic E-state index is 14.8. The van der Waals surface area contributed by atoms with Crippen molar-refractivity contribution in [2.24, 2.45) is 7.05 Å². The highest BCUT2D eigenvalue weighted by Gasteiger charge is 2.27. The van der Waals surface area contributed by atoms with Gasteiger partial charge in [0.1, 0.15) is 5.52 Å². The number of fused-ring (bicyclic) bond motifs is 2. The van der Waals surface area contributed by atoms with Gasteiger partial charge in [0.2, 0.25) is 20.9 Å². The molecule has 0 spiro atoms. The van der Waals surface area contributed by atoms with Gasteiger partial charge in [-0.3, -0.25) is 9.59 Å². The topological polar surface area (TPSA) is 133 Å². The Hall–Kier alpha value is -4.78. The third-order valence-corrected chi connectivity index (χ3v) is 8.76. The van der Waals surface area contributed by atoms with Crippen LogP contribution in [0.5, 0.6) is 0 Å². The molecule has 2 aromatic carbocycles. The normalized spacial score (nSPS) is 13.2. The number of carbonyl (C=O) groups is 1. The molecular formula is C29H26FN7O4S. The highest BCUT2D eigenvalue weighted by Crippen LogP contribution is 2.28. The number of aryl methyl sites for hydroxylation is 2. The molecule has 0 aliphatic carbocycles. The monoisotopic (exact) mass is 587 g/mol. The third-order valence-electron chi connectivity index (χ3n) is 7.20. The zero-order valence-corrected chi connectivity index (χ0v) is 23.7. The Morgan fingerprint density at radius 2 is 1.83 bits per heavy atom. The first-order valence-corrected chi connectivity index (χ1v) is 14.9. The van der Waals surface area contributed by atoms with Crippen LogP contribution in [0.1, 0.15) is 23.2 Å². The van der Waals surface area contributed by atoms with Crippen LogP contribution in [0.25, 0.3) is 22.3 Å². The van der Waals surface area contributed by atoms with E-state index in [1.807, 2.05) is 30.3 Å². The summed E-state index contributed by atoms with van der Waals surface area (Å²) in [5.74, 6) is -1.34. The standard InChI is InChI=1S/C29H26FN7O4S/c1-18-12-24(21-14-22(30)28(39)36(17-21)16-19-8-9-23-26(13-19)35(2)34-33-23)32-29(31-18)42(40,41)11-5-10-37-25-7-4-3-6-20(25)15-27(37)38/h3-4,6-9,12-14,17H,5,10-11,15-16H2,1-2H3. The van der Waals surface area contributed by atoms with E-state index in [1.165, 1.54) is 16.8 Å². The zero-order chi connectivity index (χ0) is 29.6. The summed E-state index contributed by atoms with van der Waals surface area (Å²) in [4.78, 5) is 35.1. The Balaban J connectivity index is 1.25. The number of benzene rings is 2. The second-order valence-electron chi connectivity index (χ2n) is 10.2. The minimum Gasteiger partial charge on any atom is -0.312 e. The van der Waals surface area contributed by atoms with Crippen LogP contribution in [0, 0.1) is 12.7 Å². The molecule has 42 heavy (non-hydrogen) atoms. The Morgan fingerprint density at radius 3 is 2.67 bits per heavy atom. The van der Waals surface area contributed by atoms with Gasteiger partial charge in [-0.15, -0.1) is 5.10 Å². The van der Waals surface area contributed by atoms with Gasteiger partial charge < -0.3 is 9.47 Å². The van der Waals surface area contributed by atoms with Crippen LogP contribution in [0.3, 0.4) is 0 Å². The van der Waals surface area contributed by atoms with Crippen molar-refractivity contribution in [2.45, 2.75) is 31.5 Å². The number of carbonyl (C=O) groups excluding carboxylic acids is 1. The molecule has 0 saturated heterocycles. The van der Waals surface area contributed by atoms with Crippen molar-refractivity contribution in [3.8, 4) is 11.3 Å². The van der Waals surface area contributed by atoms with E-state index in [4.69, 9.17) is 0 Å². The van der Waals surface area contributed by atoms with Crippen molar-refractivity contribution in [3.05, 3.63) is 93.8 Å². The minimum absolute atomic E-state index is 0.0677. The summed E-state index contributed by atoms with van der Waals surface area (Å²) in [7, 11) is -2.18. The summed E-state index contributed by atoms with van der Waals surface area (Å²) in [6.07, 6.45) is 1.93. The molecular weight excluding hydrogens is 561 g/mol. The molecule has 214 valence electrons. The van der Waals surface area contributed by atoms with Gasteiger partial charge in [0.25, 0.3) is 5.56 Å². The highest BCUT2D eigenvalue weighted by molar-refractivity contribution is 7.91. The highest BCUT2D eigenvalue weighted by atomic mass is 32.2. The molecule has 3 aromatic heterocycles. The number of anilines is 1. The summed E-state index contributed by atoms with van der Waals surface area (Å²) in [5, 5.41) is 7.63. The molecule has 0 N–H and O–H groups in total. The molecule has 13 heteroatoms. The maximum atomic E-state index is 14.8. The van der Waals surface area contributed by atoms with Crippen molar-refractivity contribution < 1.29 is 17.6 Å². The maximum Gasteiger partial charge on any atom is 0.286 e. The van der Waals surface area contributed by atoms with E-state index >= 15 is 0 Å². The molecule has 1 aliphatic rings. The number of halogens is 1. The minimum atomic E-state index is -3.93. The van der Waals surface area contributed by atoms with E-state index in [-0.39, 0.29) is 42.4 Å². The van der Waals surface area contributed by atoms with E-state index in [2.05, 4.69) is 20.3 Å². The fraction of sp³-hybridized carbons (Fsp3) is 0.241. The van der Waals surface area contributed by atoms with Gasteiger partial charge in [0.05, 0.1) is 29.9 Å². The van der Waals surface area contributed by atoms with Crippen molar-refractivity contribution in [1.29, 1.82) is 0 Å². The number of nitrogens with zero attached hydrogens (tertiary/aromatic N) is 7. The molecule has 0 saturated carbocycles. The molecule has 0 radical (unpaired) electrons. The van der Waals surface area contributed by atoms with Crippen molar-refractivity contribution in [1.82, 2.24) is 29.5 Å². The van der Waals surface area contributed by atoms with Crippen molar-refractivity contribution in [2.75, 3.05) is 17.2 Å². The molecule has 0 fully saturated rings. The van der Waals surface area contributed by atoms with E-state index < -0.39 is 26.4 Å². The summed E-state index contributed by atoms with van der Waals surface area (Å²) in [5.41, 5.74) is 3.84. The Bertz CT molecular complexity index is 2040. The summed E-state index contributed by atoms with van der Waals surface area (Å²) < 4.78 is 44.1. The van der Waals surface area contributed by atoms with E-state index in [1.54, 1.807) is 35.7 Å². The van der Waals surface area contributed by atoms with E-state index in [0.717, 1.165) is 28.4 Å². The lowest BCUT2D eigenvalue weighted by molar-refractivity contribution is -0.117. The summed E-state index contributed by atoms with van der Waals surface area (Å²) >= 11 is 0. The van der Waals surface area contributed by atoms with E-state index in [0.29, 0.717) is 17.6 Å². The lowest BCUT2D eigenvalue weighted by Gasteiger charge is -2.17. The molecule has 0 bridgehead atoms. The predicted molar refractivity (Wildman–Crippen MR) is 153 cm³/mol. The van der Waals surface area contributed by atoms with Crippen LogP contribution in [-0.2, 0) is 34.6 Å². The van der Waals surface area contributed by atoms with E-state index in [9.17, 15) is 22.4 Å². The second kappa shape index (κ2) is 10.6. The van der Waals surface area contributed by atoms with Crippen LogP contribution in [0.2, 0.25) is 0 Å².